The van der Waals surface area contributed by atoms with Crippen LogP contribution in [0, 0.1) is 0 Å². The minimum absolute atomic E-state index is 0.0580. The first kappa shape index (κ1) is 48.0. The highest BCUT2D eigenvalue weighted by Gasteiger charge is 2.05. The van der Waals surface area contributed by atoms with Gasteiger partial charge in [0.2, 0.25) is 0 Å². The van der Waals surface area contributed by atoms with Crippen molar-refractivity contribution in [2.75, 3.05) is 132 Å². The molecule has 0 rings (SSSR count). The average Bonchev–Trinajstić information content (AvgIpc) is 3.10. The molecule has 0 aliphatic heterocycles. The molecule has 0 aromatic heterocycles. The Balaban J connectivity index is 3.14. The number of rotatable bonds is 42. The van der Waals surface area contributed by atoms with Crippen LogP contribution in [-0.4, -0.2) is 155 Å². The molecular weight excluding hydrogens is 660 g/mol. The molecule has 0 saturated heterocycles. The third-order valence-electron chi connectivity index (χ3n) is 6.71. The maximum absolute atomic E-state index is 11.7. The molecule has 0 aliphatic carbocycles. The summed E-state index contributed by atoms with van der Waals surface area (Å²) in [7, 11) is 0. The topological polar surface area (TPSA) is 173 Å². The number of unbranched alkanes of at least 4 members (excludes halogenated alkanes) is 6. The molecule has 0 bridgehead atoms. The average molecular weight is 727 g/mol. The van der Waals surface area contributed by atoms with E-state index in [1.54, 1.807) is 0 Å². The van der Waals surface area contributed by atoms with Gasteiger partial charge in [-0.2, -0.15) is 0 Å². The number of hydrogen-bond donors (Lipinski definition) is 1. The zero-order valence-electron chi connectivity index (χ0n) is 30.6. The molecule has 0 fully saturated rings. The van der Waals surface area contributed by atoms with Crippen LogP contribution in [0.15, 0.2) is 0 Å². The van der Waals surface area contributed by atoms with Gasteiger partial charge >= 0.3 is 17.9 Å². The summed E-state index contributed by atoms with van der Waals surface area (Å²) in [5.74, 6) is -1.37. The third kappa shape index (κ3) is 42.2. The first-order valence-electron chi connectivity index (χ1n) is 18.3. The van der Waals surface area contributed by atoms with Gasteiger partial charge < -0.3 is 57.2 Å². The molecular formula is C35H66O15. The lowest BCUT2D eigenvalue weighted by Crippen LogP contribution is -2.16. The van der Waals surface area contributed by atoms with Crippen molar-refractivity contribution in [2.45, 2.75) is 77.6 Å². The van der Waals surface area contributed by atoms with Gasteiger partial charge in [0, 0.05) is 19.3 Å². The van der Waals surface area contributed by atoms with E-state index in [4.69, 9.17) is 57.2 Å². The molecule has 15 nitrogen and oxygen atoms in total. The molecule has 0 unspecified atom stereocenters. The van der Waals surface area contributed by atoms with Gasteiger partial charge in [0.25, 0.3) is 0 Å². The maximum atomic E-state index is 11.7. The number of ether oxygens (including phenoxy) is 11. The van der Waals surface area contributed by atoms with Crippen LogP contribution in [0.25, 0.3) is 0 Å². The number of carboxylic acids is 1. The predicted molar refractivity (Wildman–Crippen MR) is 183 cm³/mol. The third-order valence-corrected chi connectivity index (χ3v) is 6.71. The number of carbonyl (C=O) groups is 3. The second-order valence-corrected chi connectivity index (χ2v) is 11.1. The Labute approximate surface area is 299 Å². The van der Waals surface area contributed by atoms with Crippen LogP contribution in [0.4, 0.5) is 0 Å². The molecule has 1 N–H and O–H groups in total. The van der Waals surface area contributed by atoms with Crippen molar-refractivity contribution in [1.29, 1.82) is 0 Å². The minimum Gasteiger partial charge on any atom is -0.481 e. The number of carbonyl (C=O) groups excluding carboxylic acids is 2. The van der Waals surface area contributed by atoms with E-state index in [9.17, 15) is 14.4 Å². The Hall–Kier alpha value is -1.95. The molecule has 0 aromatic rings. The van der Waals surface area contributed by atoms with Gasteiger partial charge in [-0.05, 0) is 19.3 Å². The van der Waals surface area contributed by atoms with Crippen molar-refractivity contribution in [2.24, 2.45) is 0 Å². The lowest BCUT2D eigenvalue weighted by Gasteiger charge is -2.09. The monoisotopic (exact) mass is 726 g/mol. The predicted octanol–water partition coefficient (Wildman–Crippen LogP) is 3.62. The van der Waals surface area contributed by atoms with E-state index in [1.165, 1.54) is 25.7 Å². The van der Waals surface area contributed by atoms with E-state index in [-0.39, 0.29) is 44.6 Å². The van der Waals surface area contributed by atoms with Crippen molar-refractivity contribution in [3.63, 3.8) is 0 Å². The Morgan fingerprint density at radius 1 is 0.340 bits per heavy atom. The summed E-state index contributed by atoms with van der Waals surface area (Å²) in [6.07, 6.45) is 8.60. The molecule has 0 aromatic carbocycles. The van der Waals surface area contributed by atoms with Crippen molar-refractivity contribution in [3.05, 3.63) is 0 Å². The quantitative estimate of drug-likeness (QED) is 0.0714. The number of carboxylic acid groups (broad SMARTS) is 1. The minimum atomic E-state index is -0.865. The smallest absolute Gasteiger partial charge is 0.305 e. The van der Waals surface area contributed by atoms with Gasteiger partial charge in [-0.1, -0.05) is 39.0 Å². The van der Waals surface area contributed by atoms with Crippen LogP contribution >= 0.6 is 0 Å². The van der Waals surface area contributed by atoms with Crippen molar-refractivity contribution >= 4 is 17.9 Å². The van der Waals surface area contributed by atoms with Gasteiger partial charge in [0.05, 0.1) is 119 Å². The molecule has 0 saturated carbocycles. The summed E-state index contributed by atoms with van der Waals surface area (Å²) < 4.78 is 59.1. The van der Waals surface area contributed by atoms with Crippen molar-refractivity contribution in [1.82, 2.24) is 0 Å². The van der Waals surface area contributed by atoms with Crippen molar-refractivity contribution in [3.8, 4) is 0 Å². The summed E-state index contributed by atoms with van der Waals surface area (Å²) in [5.41, 5.74) is 0. The Morgan fingerprint density at radius 3 is 0.880 bits per heavy atom. The lowest BCUT2D eigenvalue weighted by molar-refractivity contribution is -0.146. The Bertz CT molecular complexity index is 741. The molecule has 296 valence electrons. The standard InChI is InChI=1S/C35H66O15/c1-2-3-4-5-6-7-11-34(38)49-31-29-47-27-25-45-23-21-43-19-17-41-15-13-40-14-16-42-18-20-44-22-24-46-26-28-48-30-32-50-35(39)12-9-8-10-33(36)37/h2-32H2,1H3,(H,36,37). The molecule has 0 spiro atoms. The normalized spacial score (nSPS) is 11.2. The molecule has 15 heteroatoms. The highest BCUT2D eigenvalue weighted by Crippen LogP contribution is 2.07. The van der Waals surface area contributed by atoms with E-state index >= 15 is 0 Å². The summed E-state index contributed by atoms with van der Waals surface area (Å²) in [5, 5.41) is 8.55. The van der Waals surface area contributed by atoms with E-state index in [1.807, 2.05) is 0 Å². The van der Waals surface area contributed by atoms with E-state index in [0.717, 1.165) is 12.8 Å². The summed E-state index contributed by atoms with van der Waals surface area (Å²) in [6.45, 7) is 10.6. The fourth-order valence-corrected chi connectivity index (χ4v) is 4.03. The summed E-state index contributed by atoms with van der Waals surface area (Å²) >= 11 is 0. The van der Waals surface area contributed by atoms with E-state index in [0.29, 0.717) is 132 Å². The zero-order valence-corrected chi connectivity index (χ0v) is 30.6. The molecule has 0 atom stereocenters. The lowest BCUT2D eigenvalue weighted by atomic mass is 10.1. The summed E-state index contributed by atoms with van der Waals surface area (Å²) in [6, 6.07) is 0. The van der Waals surface area contributed by atoms with Crippen LogP contribution in [0.5, 0.6) is 0 Å². The number of hydrogen-bond acceptors (Lipinski definition) is 14. The van der Waals surface area contributed by atoms with Crippen molar-refractivity contribution < 1.29 is 71.6 Å². The fourth-order valence-electron chi connectivity index (χ4n) is 4.03. The highest BCUT2D eigenvalue weighted by molar-refractivity contribution is 5.70. The van der Waals surface area contributed by atoms with Gasteiger partial charge in [0.1, 0.15) is 13.2 Å². The molecule has 0 heterocycles. The van der Waals surface area contributed by atoms with Gasteiger partial charge in [-0.3, -0.25) is 14.4 Å². The maximum Gasteiger partial charge on any atom is 0.305 e. The Kier molecular flexibility index (Phi) is 39.9. The van der Waals surface area contributed by atoms with E-state index < -0.39 is 5.97 Å². The largest absolute Gasteiger partial charge is 0.481 e. The number of esters is 2. The fraction of sp³-hybridized carbons (Fsp3) is 0.914. The van der Waals surface area contributed by atoms with Crippen LogP contribution in [0.2, 0.25) is 0 Å². The van der Waals surface area contributed by atoms with Gasteiger partial charge in [0.15, 0.2) is 0 Å². The molecule has 50 heavy (non-hydrogen) atoms. The molecule has 0 radical (unpaired) electrons. The zero-order chi connectivity index (χ0) is 36.4. The molecule has 0 amide bonds. The van der Waals surface area contributed by atoms with Gasteiger partial charge in [-0.15, -0.1) is 0 Å². The SMILES string of the molecule is CCCCCCCCC(=O)OCCOCCOCCOCCOCCOCCOCCOCCOCCOCCOC(=O)CCCCC(=O)O. The highest BCUT2D eigenvalue weighted by atomic mass is 16.6. The summed E-state index contributed by atoms with van der Waals surface area (Å²) in [4.78, 5) is 33.6. The Morgan fingerprint density at radius 2 is 0.580 bits per heavy atom. The number of aliphatic carboxylic acids is 1. The first-order chi connectivity index (χ1) is 24.6. The van der Waals surface area contributed by atoms with E-state index in [2.05, 4.69) is 6.92 Å². The second kappa shape index (κ2) is 41.5. The van der Waals surface area contributed by atoms with Crippen LogP contribution in [0.3, 0.4) is 0 Å². The van der Waals surface area contributed by atoms with Crippen LogP contribution < -0.4 is 0 Å². The second-order valence-electron chi connectivity index (χ2n) is 11.1. The molecule has 0 aliphatic rings. The van der Waals surface area contributed by atoms with Crippen LogP contribution in [-0.2, 0) is 66.5 Å². The van der Waals surface area contributed by atoms with Gasteiger partial charge in [-0.25, -0.2) is 0 Å². The van der Waals surface area contributed by atoms with Crippen LogP contribution in [0.1, 0.15) is 77.6 Å². The first-order valence-corrected chi connectivity index (χ1v) is 18.3.